The summed E-state index contributed by atoms with van der Waals surface area (Å²) in [6, 6.07) is 7.25. The van der Waals surface area contributed by atoms with Crippen molar-refractivity contribution in [3.8, 4) is 6.07 Å². The van der Waals surface area contributed by atoms with Crippen LogP contribution in [0, 0.1) is 30.0 Å². The van der Waals surface area contributed by atoms with E-state index in [0.717, 1.165) is 12.0 Å². The minimum atomic E-state index is -0.205. The molecule has 1 rings (SSSR count). The molecule has 1 aromatic carbocycles. The fourth-order valence-corrected chi connectivity index (χ4v) is 1.86. The van der Waals surface area contributed by atoms with Crippen LogP contribution in [0.3, 0.4) is 0 Å². The van der Waals surface area contributed by atoms with Crippen LogP contribution in [0.5, 0.6) is 0 Å². The lowest BCUT2D eigenvalue weighted by Crippen LogP contribution is -2.24. The van der Waals surface area contributed by atoms with Crippen LogP contribution in [0.25, 0.3) is 0 Å². The molecule has 2 atom stereocenters. The first-order valence-corrected chi connectivity index (χ1v) is 5.47. The molecule has 2 nitrogen and oxygen atoms in total. The van der Waals surface area contributed by atoms with E-state index >= 15 is 0 Å². The van der Waals surface area contributed by atoms with Crippen LogP contribution in [0.1, 0.15) is 30.5 Å². The standard InChI is InChI=1S/C13H17FN2/c1-4-10(8-15)13(16-3)11-5-6-12(14)9(2)7-11/h5-7,10,13,16H,4H2,1-3H3. The zero-order chi connectivity index (χ0) is 12.1. The lowest BCUT2D eigenvalue weighted by molar-refractivity contribution is 0.448. The minimum Gasteiger partial charge on any atom is -0.312 e. The molecule has 0 bridgehead atoms. The third-order valence-corrected chi connectivity index (χ3v) is 2.86. The molecule has 16 heavy (non-hydrogen) atoms. The Morgan fingerprint density at radius 1 is 1.50 bits per heavy atom. The smallest absolute Gasteiger partial charge is 0.126 e. The van der Waals surface area contributed by atoms with Gasteiger partial charge in [0.2, 0.25) is 0 Å². The number of aryl methyl sites for hydroxylation is 1. The molecule has 0 saturated heterocycles. The van der Waals surface area contributed by atoms with E-state index in [9.17, 15) is 4.39 Å². The van der Waals surface area contributed by atoms with Crippen molar-refractivity contribution >= 4 is 0 Å². The van der Waals surface area contributed by atoms with Crippen LogP contribution in [-0.2, 0) is 0 Å². The number of nitriles is 1. The average Bonchev–Trinajstić information content (AvgIpc) is 2.29. The second-order valence-electron chi connectivity index (χ2n) is 3.92. The van der Waals surface area contributed by atoms with Crippen LogP contribution >= 0.6 is 0 Å². The molecule has 0 heterocycles. The first-order valence-electron chi connectivity index (χ1n) is 5.47. The predicted octanol–water partition coefficient (Wildman–Crippen LogP) is 2.94. The molecule has 0 radical (unpaired) electrons. The molecule has 0 aromatic heterocycles. The van der Waals surface area contributed by atoms with Crippen LogP contribution in [0.2, 0.25) is 0 Å². The van der Waals surface area contributed by atoms with Gasteiger partial charge in [-0.15, -0.1) is 0 Å². The van der Waals surface area contributed by atoms with E-state index in [1.807, 2.05) is 14.0 Å². The van der Waals surface area contributed by atoms with Crippen molar-refractivity contribution in [2.24, 2.45) is 5.92 Å². The number of hydrogen-bond acceptors (Lipinski definition) is 2. The molecule has 3 heteroatoms. The molecule has 1 aromatic rings. The van der Waals surface area contributed by atoms with Gasteiger partial charge in [0.05, 0.1) is 12.0 Å². The first-order chi connectivity index (χ1) is 7.63. The maximum Gasteiger partial charge on any atom is 0.126 e. The van der Waals surface area contributed by atoms with E-state index in [-0.39, 0.29) is 17.8 Å². The molecule has 0 aliphatic heterocycles. The molecule has 0 amide bonds. The Hall–Kier alpha value is -1.40. The van der Waals surface area contributed by atoms with Crippen LogP contribution in [0.4, 0.5) is 4.39 Å². The first kappa shape index (κ1) is 12.7. The van der Waals surface area contributed by atoms with Gasteiger partial charge < -0.3 is 5.32 Å². The third-order valence-electron chi connectivity index (χ3n) is 2.86. The van der Waals surface area contributed by atoms with Crippen LogP contribution in [0.15, 0.2) is 18.2 Å². The van der Waals surface area contributed by atoms with Gasteiger partial charge in [-0.2, -0.15) is 5.26 Å². The summed E-state index contributed by atoms with van der Waals surface area (Å²) in [5.74, 6) is -0.293. The van der Waals surface area contributed by atoms with Crippen molar-refractivity contribution in [2.75, 3.05) is 7.05 Å². The molecule has 0 aliphatic rings. The lowest BCUT2D eigenvalue weighted by Gasteiger charge is -2.21. The second kappa shape index (κ2) is 5.62. The number of nitrogens with one attached hydrogen (secondary N) is 1. The molecular formula is C13H17FN2. The maximum absolute atomic E-state index is 13.1. The fraction of sp³-hybridized carbons (Fsp3) is 0.462. The molecule has 1 N–H and O–H groups in total. The Morgan fingerprint density at radius 2 is 2.19 bits per heavy atom. The molecule has 0 spiro atoms. The Kier molecular flexibility index (Phi) is 4.45. The van der Waals surface area contributed by atoms with Crippen LogP contribution in [-0.4, -0.2) is 7.05 Å². The van der Waals surface area contributed by atoms with Crippen molar-refractivity contribution in [3.63, 3.8) is 0 Å². The highest BCUT2D eigenvalue weighted by atomic mass is 19.1. The summed E-state index contributed by atoms with van der Waals surface area (Å²) >= 11 is 0. The highest BCUT2D eigenvalue weighted by Gasteiger charge is 2.20. The van der Waals surface area contributed by atoms with Crippen molar-refractivity contribution in [3.05, 3.63) is 35.1 Å². The van der Waals surface area contributed by atoms with Crippen molar-refractivity contribution in [1.82, 2.24) is 5.32 Å². The van der Waals surface area contributed by atoms with Gasteiger partial charge in [0, 0.05) is 6.04 Å². The Balaban J connectivity index is 3.04. The molecule has 0 saturated carbocycles. The van der Waals surface area contributed by atoms with E-state index < -0.39 is 0 Å². The summed E-state index contributed by atoms with van der Waals surface area (Å²) in [7, 11) is 1.82. The van der Waals surface area contributed by atoms with E-state index in [2.05, 4.69) is 11.4 Å². The van der Waals surface area contributed by atoms with Crippen molar-refractivity contribution in [1.29, 1.82) is 5.26 Å². The zero-order valence-electron chi connectivity index (χ0n) is 9.92. The molecule has 0 fully saturated rings. The minimum absolute atomic E-state index is 0.0331. The molecule has 86 valence electrons. The van der Waals surface area contributed by atoms with Gasteiger partial charge >= 0.3 is 0 Å². The van der Waals surface area contributed by atoms with Gasteiger partial charge in [0.15, 0.2) is 0 Å². The quantitative estimate of drug-likeness (QED) is 0.846. The summed E-state index contributed by atoms with van der Waals surface area (Å²) in [4.78, 5) is 0. The van der Waals surface area contributed by atoms with Gasteiger partial charge in [0.1, 0.15) is 5.82 Å². The number of nitrogens with zero attached hydrogens (tertiary/aromatic N) is 1. The van der Waals surface area contributed by atoms with Gasteiger partial charge in [0.25, 0.3) is 0 Å². The lowest BCUT2D eigenvalue weighted by atomic mass is 9.91. The molecule has 0 aliphatic carbocycles. The van der Waals surface area contributed by atoms with Gasteiger partial charge in [-0.25, -0.2) is 4.39 Å². The summed E-state index contributed by atoms with van der Waals surface area (Å²) in [5.41, 5.74) is 1.58. The van der Waals surface area contributed by atoms with Gasteiger partial charge in [-0.05, 0) is 37.6 Å². The SMILES string of the molecule is CCC(C#N)C(NC)c1ccc(F)c(C)c1. The molecule has 2 unspecified atom stereocenters. The second-order valence-corrected chi connectivity index (χ2v) is 3.92. The number of hydrogen-bond donors (Lipinski definition) is 1. The number of halogens is 1. The number of rotatable bonds is 4. The predicted molar refractivity (Wildman–Crippen MR) is 62.3 cm³/mol. The topological polar surface area (TPSA) is 35.8 Å². The normalized spacial score (nSPS) is 14.2. The van der Waals surface area contributed by atoms with E-state index in [1.165, 1.54) is 6.07 Å². The summed E-state index contributed by atoms with van der Waals surface area (Å²) in [5, 5.41) is 12.2. The Labute approximate surface area is 96.1 Å². The van der Waals surface area contributed by atoms with E-state index in [4.69, 9.17) is 5.26 Å². The van der Waals surface area contributed by atoms with Crippen LogP contribution < -0.4 is 5.32 Å². The summed E-state index contributed by atoms with van der Waals surface area (Å²) in [6.07, 6.45) is 0.776. The van der Waals surface area contributed by atoms with Gasteiger partial charge in [-0.1, -0.05) is 19.1 Å². The Morgan fingerprint density at radius 3 is 2.62 bits per heavy atom. The fourth-order valence-electron chi connectivity index (χ4n) is 1.86. The number of benzene rings is 1. The third kappa shape index (κ3) is 2.59. The maximum atomic E-state index is 13.1. The van der Waals surface area contributed by atoms with Crippen molar-refractivity contribution in [2.45, 2.75) is 26.3 Å². The Bertz CT molecular complexity index is 395. The van der Waals surface area contributed by atoms with Crippen molar-refractivity contribution < 1.29 is 4.39 Å². The summed E-state index contributed by atoms with van der Waals surface area (Å²) < 4.78 is 13.1. The summed E-state index contributed by atoms with van der Waals surface area (Å²) in [6.45, 7) is 3.72. The van der Waals surface area contributed by atoms with E-state index in [1.54, 1.807) is 19.1 Å². The van der Waals surface area contributed by atoms with Gasteiger partial charge in [-0.3, -0.25) is 0 Å². The average molecular weight is 220 g/mol. The highest BCUT2D eigenvalue weighted by molar-refractivity contribution is 5.27. The largest absolute Gasteiger partial charge is 0.312 e. The van der Waals surface area contributed by atoms with E-state index in [0.29, 0.717) is 5.56 Å². The highest BCUT2D eigenvalue weighted by Crippen LogP contribution is 2.25. The monoisotopic (exact) mass is 220 g/mol. The zero-order valence-corrected chi connectivity index (χ0v) is 9.92. The molecular weight excluding hydrogens is 203 g/mol.